The number of rotatable bonds is 7. The van der Waals surface area contributed by atoms with E-state index in [1.54, 1.807) is 25.3 Å². The second-order valence-electron chi connectivity index (χ2n) is 7.93. The van der Waals surface area contributed by atoms with Crippen LogP contribution in [-0.2, 0) is 23.9 Å². The van der Waals surface area contributed by atoms with Crippen molar-refractivity contribution in [2.45, 2.75) is 59.4 Å². The number of aryl methyl sites for hydroxylation is 2. The molecule has 0 atom stereocenters. The van der Waals surface area contributed by atoms with Gasteiger partial charge >= 0.3 is 6.18 Å². The van der Waals surface area contributed by atoms with Gasteiger partial charge in [0.05, 0.1) is 17.9 Å². The number of aromatic nitrogens is 3. The number of nitriles is 1. The molecule has 174 valence electrons. The Labute approximate surface area is 189 Å². The van der Waals surface area contributed by atoms with E-state index in [4.69, 9.17) is 10.00 Å². The maximum atomic E-state index is 13.5. The number of halogens is 3. The monoisotopic (exact) mass is 459 g/mol. The third-order valence-corrected chi connectivity index (χ3v) is 5.17. The van der Waals surface area contributed by atoms with Crippen LogP contribution in [-0.4, -0.2) is 26.6 Å². The summed E-state index contributed by atoms with van der Waals surface area (Å²) in [5, 5.41) is 15.9. The highest BCUT2D eigenvalue weighted by atomic mass is 19.4. The van der Waals surface area contributed by atoms with Gasteiger partial charge in [0.2, 0.25) is 5.91 Å². The summed E-state index contributed by atoms with van der Waals surface area (Å²) < 4.78 is 47.4. The predicted octanol–water partition coefficient (Wildman–Crippen LogP) is 4.27. The Hall–Kier alpha value is -3.61. The predicted molar refractivity (Wildman–Crippen MR) is 115 cm³/mol. The lowest BCUT2D eigenvalue weighted by atomic mass is 10.0. The van der Waals surface area contributed by atoms with Crippen LogP contribution in [0.3, 0.4) is 0 Å². The average molecular weight is 459 g/mol. The van der Waals surface area contributed by atoms with Gasteiger partial charge in [-0.05, 0) is 57.4 Å². The van der Waals surface area contributed by atoms with Crippen molar-refractivity contribution in [3.8, 4) is 11.8 Å². The van der Waals surface area contributed by atoms with Gasteiger partial charge in [0.25, 0.3) is 0 Å². The summed E-state index contributed by atoms with van der Waals surface area (Å²) in [6, 6.07) is 5.77. The molecule has 3 rings (SSSR count). The molecule has 2 heterocycles. The van der Waals surface area contributed by atoms with Gasteiger partial charge in [-0.15, -0.1) is 0 Å². The maximum Gasteiger partial charge on any atom is 0.416 e. The Balaban J connectivity index is 1.70. The zero-order chi connectivity index (χ0) is 24.3. The van der Waals surface area contributed by atoms with E-state index in [1.807, 2.05) is 13.0 Å². The molecule has 0 saturated carbocycles. The third-order valence-electron chi connectivity index (χ3n) is 5.17. The second-order valence-corrected chi connectivity index (χ2v) is 7.93. The van der Waals surface area contributed by atoms with Gasteiger partial charge in [0.1, 0.15) is 17.4 Å². The number of carbonyl (C=O) groups excluding carboxylic acids is 1. The van der Waals surface area contributed by atoms with E-state index in [1.165, 1.54) is 18.3 Å². The van der Waals surface area contributed by atoms with E-state index in [2.05, 4.69) is 15.4 Å². The third kappa shape index (κ3) is 5.42. The molecule has 0 aliphatic heterocycles. The molecule has 0 bridgehead atoms. The molecule has 1 N–H and O–H groups in total. The molecule has 1 aromatic carbocycles. The molecule has 0 aliphatic rings. The van der Waals surface area contributed by atoms with Crippen molar-refractivity contribution in [1.29, 1.82) is 5.26 Å². The molecular formula is C23H24F3N5O2. The number of amides is 1. The fraction of sp³-hybridized carbons (Fsp3) is 0.391. The van der Waals surface area contributed by atoms with E-state index < -0.39 is 11.7 Å². The van der Waals surface area contributed by atoms with Crippen LogP contribution in [0.15, 0.2) is 24.4 Å². The fourth-order valence-electron chi connectivity index (χ4n) is 3.59. The van der Waals surface area contributed by atoms with Crippen LogP contribution in [0.2, 0.25) is 0 Å². The minimum atomic E-state index is -4.57. The summed E-state index contributed by atoms with van der Waals surface area (Å²) in [7, 11) is 0. The number of fused-ring (bicyclic) bond motifs is 1. The number of hydrogen-bond donors (Lipinski definition) is 1. The van der Waals surface area contributed by atoms with Crippen LogP contribution >= 0.6 is 0 Å². The normalized spacial score (nSPS) is 11.6. The molecule has 0 aliphatic carbocycles. The number of ether oxygens (including phenoxy) is 1. The highest BCUT2D eigenvalue weighted by molar-refractivity contribution is 5.76. The molecule has 2 aromatic heterocycles. The first-order valence-corrected chi connectivity index (χ1v) is 10.4. The van der Waals surface area contributed by atoms with Crippen LogP contribution in [0, 0.1) is 25.2 Å². The highest BCUT2D eigenvalue weighted by Gasteiger charge is 2.34. The summed E-state index contributed by atoms with van der Waals surface area (Å²) in [4.78, 5) is 16.8. The lowest BCUT2D eigenvalue weighted by molar-refractivity contribution is -0.138. The molecule has 10 heteroatoms. The molecule has 33 heavy (non-hydrogen) atoms. The lowest BCUT2D eigenvalue weighted by Gasteiger charge is -2.17. The van der Waals surface area contributed by atoms with Gasteiger partial charge in [0, 0.05) is 24.4 Å². The van der Waals surface area contributed by atoms with Crippen molar-refractivity contribution in [1.82, 2.24) is 19.9 Å². The molecule has 0 spiro atoms. The van der Waals surface area contributed by atoms with Crippen molar-refractivity contribution in [2.75, 3.05) is 0 Å². The standard InChI is InChI=1S/C23H24F3N5O2/c1-13(2)33-18-6-5-16(20(9-18)23(24,25)26)11-28-21(32)8-7-19-14(3)30-22-17(10-27)12-29-31(22)15(19)4/h5-6,9,12-13H,7-8,11H2,1-4H3,(H,28,32). The second kappa shape index (κ2) is 9.48. The van der Waals surface area contributed by atoms with Crippen molar-refractivity contribution >= 4 is 11.6 Å². The Morgan fingerprint density at radius 2 is 2.03 bits per heavy atom. The highest BCUT2D eigenvalue weighted by Crippen LogP contribution is 2.34. The van der Waals surface area contributed by atoms with Crippen molar-refractivity contribution in [3.05, 3.63) is 58.0 Å². The zero-order valence-corrected chi connectivity index (χ0v) is 18.7. The zero-order valence-electron chi connectivity index (χ0n) is 18.7. The van der Waals surface area contributed by atoms with Gasteiger partial charge in [-0.2, -0.15) is 23.5 Å². The minimum absolute atomic E-state index is 0.0389. The fourth-order valence-corrected chi connectivity index (χ4v) is 3.59. The molecule has 0 saturated heterocycles. The lowest BCUT2D eigenvalue weighted by Crippen LogP contribution is -2.25. The quantitative estimate of drug-likeness (QED) is 0.570. The van der Waals surface area contributed by atoms with E-state index in [0.717, 1.165) is 17.3 Å². The molecule has 0 radical (unpaired) electrons. The first-order valence-electron chi connectivity index (χ1n) is 10.4. The Bertz CT molecular complexity index is 1230. The van der Waals surface area contributed by atoms with Crippen LogP contribution in [0.1, 0.15) is 53.9 Å². The Morgan fingerprint density at radius 3 is 2.67 bits per heavy atom. The molecular weight excluding hydrogens is 435 g/mol. The molecule has 1 amide bonds. The summed E-state index contributed by atoms with van der Waals surface area (Å²) in [6.07, 6.45) is -3.00. The van der Waals surface area contributed by atoms with Crippen molar-refractivity contribution in [3.63, 3.8) is 0 Å². The van der Waals surface area contributed by atoms with Gasteiger partial charge in [-0.25, -0.2) is 9.50 Å². The van der Waals surface area contributed by atoms with E-state index in [0.29, 0.717) is 23.3 Å². The van der Waals surface area contributed by atoms with E-state index in [9.17, 15) is 18.0 Å². The van der Waals surface area contributed by atoms with Gasteiger partial charge in [0.15, 0.2) is 5.65 Å². The first kappa shape index (κ1) is 24.0. The van der Waals surface area contributed by atoms with Crippen LogP contribution in [0.25, 0.3) is 5.65 Å². The average Bonchev–Trinajstić information content (AvgIpc) is 3.14. The number of carbonyl (C=O) groups is 1. The first-order chi connectivity index (χ1) is 15.5. The summed E-state index contributed by atoms with van der Waals surface area (Å²) in [5.74, 6) is -0.262. The number of benzene rings is 1. The largest absolute Gasteiger partial charge is 0.491 e. The Morgan fingerprint density at radius 1 is 1.30 bits per heavy atom. The van der Waals surface area contributed by atoms with Crippen LogP contribution < -0.4 is 10.1 Å². The van der Waals surface area contributed by atoms with E-state index >= 15 is 0 Å². The minimum Gasteiger partial charge on any atom is -0.491 e. The van der Waals surface area contributed by atoms with E-state index in [-0.39, 0.29) is 36.3 Å². The topological polar surface area (TPSA) is 92.3 Å². The number of alkyl halides is 3. The number of nitrogens with one attached hydrogen (secondary N) is 1. The molecule has 0 unspecified atom stereocenters. The Kier molecular flexibility index (Phi) is 6.91. The summed E-state index contributed by atoms with van der Waals surface area (Å²) >= 11 is 0. The van der Waals surface area contributed by atoms with Gasteiger partial charge in [-0.3, -0.25) is 4.79 Å². The number of nitrogens with zero attached hydrogens (tertiary/aromatic N) is 4. The maximum absolute atomic E-state index is 13.5. The van der Waals surface area contributed by atoms with Crippen LogP contribution in [0.4, 0.5) is 13.2 Å². The van der Waals surface area contributed by atoms with Gasteiger partial charge < -0.3 is 10.1 Å². The molecule has 3 aromatic rings. The SMILES string of the molecule is Cc1nc2c(C#N)cnn2c(C)c1CCC(=O)NCc1ccc(OC(C)C)cc1C(F)(F)F. The number of hydrogen-bond acceptors (Lipinski definition) is 5. The molecule has 0 fully saturated rings. The smallest absolute Gasteiger partial charge is 0.416 e. The van der Waals surface area contributed by atoms with Crippen molar-refractivity contribution < 1.29 is 22.7 Å². The summed E-state index contributed by atoms with van der Waals surface area (Å²) in [6.45, 7) is 6.81. The summed E-state index contributed by atoms with van der Waals surface area (Å²) in [5.41, 5.74) is 2.16. The van der Waals surface area contributed by atoms with Gasteiger partial charge in [-0.1, -0.05) is 6.07 Å². The molecule has 7 nitrogen and oxygen atoms in total. The van der Waals surface area contributed by atoms with Crippen LogP contribution in [0.5, 0.6) is 5.75 Å². The van der Waals surface area contributed by atoms with Crippen molar-refractivity contribution in [2.24, 2.45) is 0 Å².